The Balaban J connectivity index is 0.000000156. The summed E-state index contributed by atoms with van der Waals surface area (Å²) in [6.45, 7) is 29.1. The fourth-order valence-corrected chi connectivity index (χ4v) is 26.3. The van der Waals surface area contributed by atoms with E-state index in [0.717, 1.165) is 190 Å². The molecule has 0 unspecified atom stereocenters. The number of hydrogen-bond donors (Lipinski definition) is 0. The lowest BCUT2D eigenvalue weighted by Gasteiger charge is -2.31. The van der Waals surface area contributed by atoms with Crippen LogP contribution < -0.4 is 49.8 Å². The molecule has 1 aromatic heterocycles. The minimum Gasteiger partial charge on any atom is -0.456 e. The first-order chi connectivity index (χ1) is 70.3. The molecule has 13 heteroatoms. The van der Waals surface area contributed by atoms with E-state index >= 15 is 8.78 Å². The maximum absolute atomic E-state index is 15.5. The number of hydrogen-bond acceptors (Lipinski definition) is 7. The molecule has 0 saturated heterocycles. The summed E-state index contributed by atoms with van der Waals surface area (Å²) in [5, 5.41) is 21.7. The van der Waals surface area contributed by atoms with E-state index in [1.165, 1.54) is 70.3 Å². The number of halogens is 2. The van der Waals surface area contributed by atoms with Gasteiger partial charge in [-0.2, -0.15) is 0 Å². The Morgan fingerprint density at radius 3 is 0.959 bits per heavy atom. The number of nitrogens with zero attached hydrogens (tertiary/aromatic N) is 4. The Morgan fingerprint density at radius 1 is 0.186 bits per heavy atom. The molecule has 0 aliphatic carbocycles. The van der Waals surface area contributed by atoms with Crippen molar-refractivity contribution in [1.29, 1.82) is 0 Å². The van der Waals surface area contributed by atoms with Gasteiger partial charge in [0, 0.05) is 106 Å². The highest BCUT2D eigenvalue weighted by molar-refractivity contribution is 6.90. The van der Waals surface area contributed by atoms with Crippen molar-refractivity contribution in [2.45, 2.75) is 78.6 Å². The van der Waals surface area contributed by atoms with Crippen molar-refractivity contribution in [2.24, 2.45) is 0 Å². The third-order valence-electron chi connectivity index (χ3n) is 29.1. The van der Waals surface area contributed by atoms with Gasteiger partial charge in [-0.25, -0.2) is 8.78 Å². The fourth-order valence-electron chi connectivity index (χ4n) is 21.7. The Kier molecular flexibility index (Phi) is 22.6. The van der Waals surface area contributed by atoms with Gasteiger partial charge in [0.25, 0.3) is 0 Å². The van der Waals surface area contributed by atoms with Crippen molar-refractivity contribution in [2.75, 3.05) is 19.6 Å². The van der Waals surface area contributed by atoms with Gasteiger partial charge in [0.2, 0.25) is 0 Å². The van der Waals surface area contributed by atoms with Crippen molar-refractivity contribution in [3.05, 3.63) is 448 Å². The van der Waals surface area contributed by atoms with Crippen LogP contribution in [0.3, 0.4) is 0 Å². The Bertz CT molecular complexity index is 9080. The summed E-state index contributed by atoms with van der Waals surface area (Å²) in [5.41, 5.74) is 23.8. The Morgan fingerprint density at radius 2 is 0.524 bits per heavy atom. The number of fused-ring (bicyclic) bond motifs is 15. The zero-order valence-electron chi connectivity index (χ0n) is 83.3. The molecule has 0 bridgehead atoms. The van der Waals surface area contributed by atoms with Crippen molar-refractivity contribution in [3.8, 4) is 78.6 Å². The van der Waals surface area contributed by atoms with Crippen molar-refractivity contribution >= 4 is 208 Å². The first-order valence-electron chi connectivity index (χ1n) is 50.1. The monoisotopic (exact) mass is 1950 g/mol. The zero-order valence-corrected chi connectivity index (χ0v) is 87.3. The van der Waals surface area contributed by atoms with Gasteiger partial charge >= 0.3 is 0 Å². The van der Waals surface area contributed by atoms with E-state index in [1.807, 2.05) is 84.9 Å². The number of ether oxygens (including phenoxy) is 2. The molecule has 2 aliphatic heterocycles. The molecule has 704 valence electrons. The molecule has 25 rings (SSSR count). The number of benzene rings is 22. The highest BCUT2D eigenvalue weighted by atomic mass is 28.3. The standard InChI is InChI=1S/C66H54F2N2OSi2.C66H54N2O2Si2/c1-72(2,3)50-30-32-52-56(38-50)57-41-60-53-31-29-49(69(47-23-15-9-16-24-47)61-33-27-45(67)35-54(61)43-19-11-7-12-20-43)37-64(53)71-65-40-51(73(4,5)6)39-59(66(60)65)58(57)42-63(52)70(48-25-17-10-18-26-48)62-34-28-46(68)36-55(62)44-21-13-8-14-22-44;1-71(2,3)47-34-36-50-54(38-47)55-41-58-52-35-33-46(67(44-23-12-8-13-24-44)59-30-18-16-27-49(59)43-21-10-7-11-22-43)37-63(52)69-64-40-48(72(4,5)6)39-57(65(58)64)56(55)42-61(50)68(45-25-14-9-15-26-45)60-31-20-29-53-51-28-17-19-32-62(51)70-66(53)60/h7-42H,1-6H3;7-42H,1-6H3. The minimum atomic E-state index is -1.97. The molecule has 7 nitrogen and oxygen atoms in total. The predicted molar refractivity (Wildman–Crippen MR) is 623 cm³/mol. The van der Waals surface area contributed by atoms with Gasteiger partial charge in [0.15, 0.2) is 5.58 Å². The largest absolute Gasteiger partial charge is 0.456 e. The molecular formula is C132H108F2N4O3Si4. The topological polar surface area (TPSA) is 44.6 Å². The van der Waals surface area contributed by atoms with E-state index in [9.17, 15) is 0 Å². The maximum atomic E-state index is 15.5. The molecule has 145 heavy (non-hydrogen) atoms. The van der Waals surface area contributed by atoms with Gasteiger partial charge in [-0.15, -0.1) is 0 Å². The van der Waals surface area contributed by atoms with Crippen LogP contribution in [0.4, 0.5) is 77.0 Å². The second kappa shape index (κ2) is 36.0. The average molecular weight is 1950 g/mol. The molecule has 23 aromatic rings. The Labute approximate surface area is 849 Å². The lowest BCUT2D eigenvalue weighted by atomic mass is 9.88. The summed E-state index contributed by atoms with van der Waals surface area (Å²) in [6, 6.07) is 154. The normalized spacial score (nSPS) is 12.3. The summed E-state index contributed by atoms with van der Waals surface area (Å²) in [7, 11) is -7.48. The first-order valence-corrected chi connectivity index (χ1v) is 64.1. The average Bonchev–Trinajstić information content (AvgIpc) is 0.720. The van der Waals surface area contributed by atoms with Crippen LogP contribution in [-0.2, 0) is 0 Å². The second-order valence-electron chi connectivity index (χ2n) is 42.6. The first kappa shape index (κ1) is 91.2. The van der Waals surface area contributed by atoms with Crippen LogP contribution in [0.5, 0.6) is 23.0 Å². The summed E-state index contributed by atoms with van der Waals surface area (Å²) in [5.74, 6) is 2.77. The van der Waals surface area contributed by atoms with Crippen LogP contribution in [0.15, 0.2) is 441 Å². The maximum Gasteiger partial charge on any atom is 0.159 e. The van der Waals surface area contributed by atoms with Gasteiger partial charge in [0.05, 0.1) is 66.4 Å². The fraction of sp³-hybridized carbons (Fsp3) is 0.0909. The molecular weight excluding hydrogens is 1840 g/mol. The highest BCUT2D eigenvalue weighted by Crippen LogP contribution is 2.58. The number of rotatable bonds is 19. The molecule has 0 atom stereocenters. The van der Waals surface area contributed by atoms with Crippen LogP contribution >= 0.6 is 0 Å². The summed E-state index contributed by atoms with van der Waals surface area (Å²) < 4.78 is 52.2. The third-order valence-corrected chi connectivity index (χ3v) is 37.2. The smallest absolute Gasteiger partial charge is 0.159 e. The minimum absolute atomic E-state index is 0.286. The van der Waals surface area contributed by atoms with Crippen LogP contribution in [0.25, 0.3) is 142 Å². The summed E-state index contributed by atoms with van der Waals surface area (Å²) >= 11 is 0. The van der Waals surface area contributed by atoms with E-state index in [4.69, 9.17) is 13.9 Å². The van der Waals surface area contributed by atoms with Crippen LogP contribution in [-0.4, -0.2) is 32.3 Å². The van der Waals surface area contributed by atoms with E-state index in [0.29, 0.717) is 0 Å². The molecule has 0 radical (unpaired) electrons. The van der Waals surface area contributed by atoms with Crippen molar-refractivity contribution in [3.63, 3.8) is 0 Å². The number of furan rings is 1. The highest BCUT2D eigenvalue weighted by Gasteiger charge is 2.36. The molecule has 2 aliphatic rings. The van der Waals surface area contributed by atoms with E-state index in [-0.39, 0.29) is 11.6 Å². The van der Waals surface area contributed by atoms with Gasteiger partial charge in [-0.1, -0.05) is 360 Å². The number of anilines is 12. The van der Waals surface area contributed by atoms with Gasteiger partial charge < -0.3 is 33.5 Å². The predicted octanol–water partition coefficient (Wildman–Crippen LogP) is 37.1. The quantitative estimate of drug-likeness (QED) is 0.0590. The molecule has 0 fully saturated rings. The number of para-hydroxylation sites is 7. The second-order valence-corrected chi connectivity index (χ2v) is 62.9. The lowest BCUT2D eigenvalue weighted by molar-refractivity contribution is 0.487. The molecule has 22 aromatic carbocycles. The lowest BCUT2D eigenvalue weighted by Crippen LogP contribution is -2.37. The van der Waals surface area contributed by atoms with E-state index in [2.05, 4.69) is 426 Å². The Hall–Kier alpha value is -16.3. The molecule has 0 N–H and O–H groups in total. The van der Waals surface area contributed by atoms with Crippen molar-refractivity contribution in [1.82, 2.24) is 0 Å². The van der Waals surface area contributed by atoms with Crippen LogP contribution in [0, 0.1) is 11.6 Å². The molecule has 3 heterocycles. The van der Waals surface area contributed by atoms with Crippen molar-refractivity contribution < 1.29 is 22.7 Å². The van der Waals surface area contributed by atoms with E-state index in [1.54, 1.807) is 18.2 Å². The SMILES string of the molecule is C[Si](C)(C)c1ccc2c(N(c3ccccc3)c3ccc(F)cc3-c3ccccc3)cc3c4cc([Si](C)(C)C)cc5c4c(cc3c2c1)-c1ccc(N(c2ccccc2)c2ccc(F)cc2-c2ccccc2)cc1O5.C[Si](C)(C)c1ccc2c(N(c3ccccc3)c3cccc4c3oc3ccccc34)cc3c4cc([Si](C)(C)C)cc5c4c(cc3c2c1)-c1ccc(N(c2ccccc2)c2ccccc2-c2ccccc2)cc1O5. The van der Waals surface area contributed by atoms with E-state index < -0.39 is 32.3 Å². The van der Waals surface area contributed by atoms with Gasteiger partial charge in [-0.3, -0.25) is 0 Å². The van der Waals surface area contributed by atoms with Gasteiger partial charge in [-0.05, 0) is 235 Å². The molecule has 0 spiro atoms. The third kappa shape index (κ3) is 16.5. The molecule has 0 saturated carbocycles. The van der Waals surface area contributed by atoms with Gasteiger partial charge in [0.1, 0.15) is 40.2 Å². The zero-order chi connectivity index (χ0) is 99.1. The van der Waals surface area contributed by atoms with Crippen LogP contribution in [0.2, 0.25) is 78.6 Å². The molecule has 0 amide bonds. The van der Waals surface area contributed by atoms with Crippen LogP contribution in [0.1, 0.15) is 0 Å². The summed E-state index contributed by atoms with van der Waals surface area (Å²) in [6.07, 6.45) is 0. The summed E-state index contributed by atoms with van der Waals surface area (Å²) in [4.78, 5) is 9.32.